The van der Waals surface area contributed by atoms with Crippen LogP contribution in [0.15, 0.2) is 24.5 Å². The number of morpholine rings is 1. The van der Waals surface area contributed by atoms with Crippen molar-refractivity contribution in [2.24, 2.45) is 0 Å². The molecule has 3 heterocycles. The van der Waals surface area contributed by atoms with Crippen molar-refractivity contribution in [3.63, 3.8) is 0 Å². The van der Waals surface area contributed by atoms with Crippen LogP contribution in [-0.2, 0) is 11.2 Å². The Kier molecular flexibility index (Phi) is 3.30. The highest BCUT2D eigenvalue weighted by atomic mass is 16.5. The molecular weight excluding hydrogens is 226 g/mol. The highest BCUT2D eigenvalue weighted by molar-refractivity contribution is 5.53. The number of nitrogens with zero attached hydrogens (tertiary/aromatic N) is 3. The average Bonchev–Trinajstić information content (AvgIpc) is 2.82. The molecule has 0 aromatic carbocycles. The molecule has 0 aliphatic carbocycles. The van der Waals surface area contributed by atoms with E-state index < -0.39 is 0 Å². The first kappa shape index (κ1) is 11.7. The van der Waals surface area contributed by atoms with E-state index in [-0.39, 0.29) is 0 Å². The standard InChI is InChI=1S/C14H19N3O/c1-12-3-2-5-17-13(12)11-15-14(17)4-6-16-7-9-18-10-8-16/h2-3,5,11H,4,6-10H2,1H3. The van der Waals surface area contributed by atoms with E-state index in [1.54, 1.807) is 0 Å². The molecule has 0 unspecified atom stereocenters. The van der Waals surface area contributed by atoms with Crippen LogP contribution in [0.2, 0.25) is 0 Å². The zero-order valence-electron chi connectivity index (χ0n) is 10.8. The van der Waals surface area contributed by atoms with Crippen molar-refractivity contribution in [1.29, 1.82) is 0 Å². The zero-order valence-corrected chi connectivity index (χ0v) is 10.8. The van der Waals surface area contributed by atoms with E-state index in [4.69, 9.17) is 4.74 Å². The molecule has 1 saturated heterocycles. The van der Waals surface area contributed by atoms with E-state index in [1.165, 1.54) is 11.1 Å². The number of aryl methyl sites for hydroxylation is 1. The fourth-order valence-electron chi connectivity index (χ4n) is 2.48. The Morgan fingerprint density at radius 1 is 1.33 bits per heavy atom. The molecule has 18 heavy (non-hydrogen) atoms. The predicted octanol–water partition coefficient (Wildman–Crippen LogP) is 1.52. The van der Waals surface area contributed by atoms with Gasteiger partial charge in [-0.3, -0.25) is 4.90 Å². The highest BCUT2D eigenvalue weighted by Gasteiger charge is 2.11. The Hall–Kier alpha value is -1.39. The Labute approximate surface area is 107 Å². The van der Waals surface area contributed by atoms with Crippen molar-refractivity contribution < 1.29 is 4.74 Å². The van der Waals surface area contributed by atoms with E-state index >= 15 is 0 Å². The van der Waals surface area contributed by atoms with Gasteiger partial charge in [0.15, 0.2) is 0 Å². The van der Waals surface area contributed by atoms with Crippen LogP contribution in [0.4, 0.5) is 0 Å². The summed E-state index contributed by atoms with van der Waals surface area (Å²) in [6.45, 7) is 7.01. The van der Waals surface area contributed by atoms with Crippen LogP contribution in [0.25, 0.3) is 5.52 Å². The lowest BCUT2D eigenvalue weighted by atomic mass is 10.2. The normalized spacial score (nSPS) is 17.4. The monoisotopic (exact) mass is 245 g/mol. The summed E-state index contributed by atoms with van der Waals surface area (Å²) in [4.78, 5) is 6.99. The molecule has 0 N–H and O–H groups in total. The lowest BCUT2D eigenvalue weighted by Gasteiger charge is -2.26. The van der Waals surface area contributed by atoms with Gasteiger partial charge in [-0.2, -0.15) is 0 Å². The van der Waals surface area contributed by atoms with E-state index in [2.05, 4.69) is 39.5 Å². The Morgan fingerprint density at radius 2 is 2.17 bits per heavy atom. The van der Waals surface area contributed by atoms with Crippen molar-refractivity contribution in [3.05, 3.63) is 35.9 Å². The highest BCUT2D eigenvalue weighted by Crippen LogP contribution is 2.12. The van der Waals surface area contributed by atoms with Gasteiger partial charge in [-0.05, 0) is 18.6 Å². The summed E-state index contributed by atoms with van der Waals surface area (Å²) in [6, 6.07) is 4.21. The molecule has 1 fully saturated rings. The average molecular weight is 245 g/mol. The Morgan fingerprint density at radius 3 is 3.00 bits per heavy atom. The topological polar surface area (TPSA) is 29.8 Å². The molecule has 96 valence electrons. The maximum Gasteiger partial charge on any atom is 0.114 e. The second-order valence-corrected chi connectivity index (χ2v) is 4.82. The van der Waals surface area contributed by atoms with Crippen molar-refractivity contribution >= 4 is 5.52 Å². The van der Waals surface area contributed by atoms with Crippen LogP contribution in [0.1, 0.15) is 11.4 Å². The number of hydrogen-bond acceptors (Lipinski definition) is 3. The third-order valence-corrected chi connectivity index (χ3v) is 3.61. The fraction of sp³-hybridized carbons (Fsp3) is 0.500. The first-order chi connectivity index (χ1) is 8.84. The number of rotatable bonds is 3. The number of aromatic nitrogens is 2. The van der Waals surface area contributed by atoms with Crippen LogP contribution < -0.4 is 0 Å². The first-order valence-corrected chi connectivity index (χ1v) is 6.56. The molecule has 1 aliphatic rings. The first-order valence-electron chi connectivity index (χ1n) is 6.56. The van der Waals surface area contributed by atoms with E-state index in [1.807, 2.05) is 6.20 Å². The molecule has 0 atom stereocenters. The molecule has 2 aromatic rings. The minimum Gasteiger partial charge on any atom is -0.379 e. The minimum atomic E-state index is 0.863. The molecule has 0 amide bonds. The largest absolute Gasteiger partial charge is 0.379 e. The quantitative estimate of drug-likeness (QED) is 0.821. The van der Waals surface area contributed by atoms with Gasteiger partial charge in [0.1, 0.15) is 5.82 Å². The third kappa shape index (κ3) is 2.26. The van der Waals surface area contributed by atoms with Crippen molar-refractivity contribution in [3.8, 4) is 0 Å². The van der Waals surface area contributed by atoms with E-state index in [9.17, 15) is 0 Å². The summed E-state index contributed by atoms with van der Waals surface area (Å²) in [5.41, 5.74) is 2.50. The lowest BCUT2D eigenvalue weighted by Crippen LogP contribution is -2.37. The third-order valence-electron chi connectivity index (χ3n) is 3.61. The summed E-state index contributed by atoms with van der Waals surface area (Å²) in [6.07, 6.45) is 5.07. The van der Waals surface area contributed by atoms with Gasteiger partial charge in [-0.15, -0.1) is 0 Å². The number of ether oxygens (including phenoxy) is 1. The van der Waals surface area contributed by atoms with Gasteiger partial charge in [0.25, 0.3) is 0 Å². The van der Waals surface area contributed by atoms with Gasteiger partial charge in [0, 0.05) is 32.3 Å². The smallest absolute Gasteiger partial charge is 0.114 e. The van der Waals surface area contributed by atoms with Crippen molar-refractivity contribution in [2.45, 2.75) is 13.3 Å². The van der Waals surface area contributed by atoms with Gasteiger partial charge in [-0.1, -0.05) is 6.07 Å². The number of imidazole rings is 1. The summed E-state index contributed by atoms with van der Waals surface area (Å²) in [5, 5.41) is 0. The maximum atomic E-state index is 5.36. The van der Waals surface area contributed by atoms with Gasteiger partial charge in [-0.25, -0.2) is 4.98 Å². The van der Waals surface area contributed by atoms with Crippen LogP contribution >= 0.6 is 0 Å². The molecule has 4 heteroatoms. The molecule has 1 aliphatic heterocycles. The Balaban J connectivity index is 1.72. The molecule has 4 nitrogen and oxygen atoms in total. The summed E-state index contributed by atoms with van der Waals surface area (Å²) in [5.74, 6) is 1.15. The number of fused-ring (bicyclic) bond motifs is 1. The zero-order chi connectivity index (χ0) is 12.4. The van der Waals surface area contributed by atoms with Gasteiger partial charge < -0.3 is 9.14 Å². The number of hydrogen-bond donors (Lipinski definition) is 0. The van der Waals surface area contributed by atoms with E-state index in [0.717, 1.165) is 45.1 Å². The lowest BCUT2D eigenvalue weighted by molar-refractivity contribution is 0.0382. The Bertz CT molecular complexity index is 529. The van der Waals surface area contributed by atoms with Crippen LogP contribution in [0.3, 0.4) is 0 Å². The summed E-state index contributed by atoms with van der Waals surface area (Å²) < 4.78 is 7.56. The predicted molar refractivity (Wildman–Crippen MR) is 70.9 cm³/mol. The van der Waals surface area contributed by atoms with Gasteiger partial charge in [0.2, 0.25) is 0 Å². The van der Waals surface area contributed by atoms with Gasteiger partial charge in [0.05, 0.1) is 24.9 Å². The van der Waals surface area contributed by atoms with Crippen LogP contribution in [-0.4, -0.2) is 47.1 Å². The number of pyridine rings is 1. The van der Waals surface area contributed by atoms with Crippen molar-refractivity contribution in [1.82, 2.24) is 14.3 Å². The minimum absolute atomic E-state index is 0.863. The maximum absolute atomic E-state index is 5.36. The molecule has 0 bridgehead atoms. The second-order valence-electron chi connectivity index (χ2n) is 4.82. The molecule has 3 rings (SSSR count). The summed E-state index contributed by atoms with van der Waals surface area (Å²) >= 11 is 0. The molecule has 0 spiro atoms. The van der Waals surface area contributed by atoms with Gasteiger partial charge >= 0.3 is 0 Å². The SMILES string of the molecule is Cc1cccn2c(CCN3CCOCC3)ncc12. The molecule has 0 radical (unpaired) electrons. The molecule has 0 saturated carbocycles. The molecule has 2 aromatic heterocycles. The van der Waals surface area contributed by atoms with E-state index in [0.29, 0.717) is 0 Å². The van der Waals surface area contributed by atoms with Crippen LogP contribution in [0.5, 0.6) is 0 Å². The van der Waals surface area contributed by atoms with Crippen LogP contribution in [0, 0.1) is 6.92 Å². The summed E-state index contributed by atoms with van der Waals surface area (Å²) in [7, 11) is 0. The second kappa shape index (κ2) is 5.08. The fourth-order valence-corrected chi connectivity index (χ4v) is 2.48. The molecular formula is C14H19N3O. The van der Waals surface area contributed by atoms with Crippen molar-refractivity contribution in [2.75, 3.05) is 32.8 Å².